The van der Waals surface area contributed by atoms with Gasteiger partial charge in [-0.05, 0) is 11.8 Å². The molecule has 4 aromatic rings. The molecule has 4 aromatic heterocycles. The van der Waals surface area contributed by atoms with Crippen LogP contribution in [0, 0.1) is 0 Å². The summed E-state index contributed by atoms with van der Waals surface area (Å²) in [4.78, 5) is 37.1. The van der Waals surface area contributed by atoms with E-state index in [2.05, 4.69) is 52.8 Å². The molecule has 3 aliphatic rings. The average molecular weight is 713 g/mol. The Bertz CT molecular complexity index is 1950. The zero-order valence-electron chi connectivity index (χ0n) is 22.0. The number of H-pyrrole nitrogens is 1. The molecular formula is C18H20F2N12O9P2S2. The van der Waals surface area contributed by atoms with E-state index >= 15 is 8.78 Å². The van der Waals surface area contributed by atoms with Crippen LogP contribution in [0.25, 0.3) is 22.3 Å². The average Bonchev–Trinajstić information content (AvgIpc) is 3.72. The number of aromatic amines is 1. The summed E-state index contributed by atoms with van der Waals surface area (Å²) < 4.78 is 80.2. The smallest absolute Gasteiger partial charge is 0.382 e. The number of anilines is 2. The van der Waals surface area contributed by atoms with Crippen LogP contribution in [0.15, 0.2) is 11.1 Å². The summed E-state index contributed by atoms with van der Waals surface area (Å²) in [7, 11) is 0. The largest absolute Gasteiger partial charge is 0.386 e. The van der Waals surface area contributed by atoms with Gasteiger partial charge in [0.25, 0.3) is 5.56 Å². The molecule has 2 unspecified atom stereocenters. The van der Waals surface area contributed by atoms with Crippen molar-refractivity contribution < 1.29 is 45.8 Å². The first-order chi connectivity index (χ1) is 21.3. The lowest BCUT2D eigenvalue weighted by Crippen LogP contribution is -2.34. The minimum absolute atomic E-state index is 0.0142. The molecule has 2 bridgehead atoms. The normalized spacial score (nSPS) is 37.7. The second-order valence-electron chi connectivity index (χ2n) is 9.81. The van der Waals surface area contributed by atoms with Crippen molar-refractivity contribution in [2.45, 2.75) is 49.2 Å². The van der Waals surface area contributed by atoms with Gasteiger partial charge in [-0.1, -0.05) is 22.7 Å². The van der Waals surface area contributed by atoms with E-state index in [0.717, 1.165) is 15.7 Å². The Labute approximate surface area is 257 Å². The molecule has 7 rings (SSSR count). The van der Waals surface area contributed by atoms with Crippen LogP contribution in [-0.2, 0) is 43.9 Å². The lowest BCUT2D eigenvalue weighted by atomic mass is 10.1. The Hall–Kier alpha value is -2.83. The van der Waals surface area contributed by atoms with Crippen molar-refractivity contribution in [1.82, 2.24) is 49.9 Å². The number of nitrogens with zero attached hydrogens (tertiary/aromatic N) is 9. The van der Waals surface area contributed by atoms with Crippen molar-refractivity contribution in [2.24, 2.45) is 0 Å². The molecule has 21 nitrogen and oxygen atoms in total. The van der Waals surface area contributed by atoms with E-state index in [1.807, 2.05) is 0 Å². The van der Waals surface area contributed by atoms with Gasteiger partial charge in [-0.15, -0.1) is 10.2 Å². The van der Waals surface area contributed by atoms with E-state index in [-0.39, 0.29) is 34.1 Å². The zero-order chi connectivity index (χ0) is 31.8. The van der Waals surface area contributed by atoms with Gasteiger partial charge >= 0.3 is 13.5 Å². The third kappa shape index (κ3) is 5.50. The van der Waals surface area contributed by atoms with E-state index in [4.69, 9.17) is 50.8 Å². The van der Waals surface area contributed by atoms with E-state index in [1.165, 1.54) is 0 Å². The van der Waals surface area contributed by atoms with Crippen LogP contribution in [0.1, 0.15) is 12.5 Å². The van der Waals surface area contributed by atoms with Crippen LogP contribution in [0.3, 0.4) is 0 Å². The fourth-order valence-corrected chi connectivity index (χ4v) is 7.86. The van der Waals surface area contributed by atoms with Gasteiger partial charge in [-0.2, -0.15) is 14.3 Å². The van der Waals surface area contributed by atoms with Crippen LogP contribution in [0.5, 0.6) is 0 Å². The van der Waals surface area contributed by atoms with E-state index in [0.29, 0.717) is 0 Å². The molecule has 10 atom stereocenters. The Morgan fingerprint density at radius 2 is 1.67 bits per heavy atom. The number of hydrogen-bond donors (Lipinski definition) is 5. The Morgan fingerprint density at radius 3 is 2.44 bits per heavy atom. The SMILES string of the molecule is Nc1nc2c(nnn2[C@@H]2O[C@@H]3COP(O)(=S)O[C@H]4[C@H](F)[C@H](n5nnc6c(N)ncnc65)O[C@@H]4COP(=O)(S)O[C@H]2[C@@H]3F)c(=O)[nH]1. The summed E-state index contributed by atoms with van der Waals surface area (Å²) in [6.45, 7) is -10.4. The third-order valence-electron chi connectivity index (χ3n) is 6.97. The highest BCUT2D eigenvalue weighted by Gasteiger charge is 2.54. The van der Waals surface area contributed by atoms with E-state index < -0.39 is 81.5 Å². The van der Waals surface area contributed by atoms with Crippen molar-refractivity contribution in [3.63, 3.8) is 0 Å². The van der Waals surface area contributed by atoms with Gasteiger partial charge in [0.05, 0.1) is 13.2 Å². The minimum Gasteiger partial charge on any atom is -0.382 e. The molecule has 242 valence electrons. The molecule has 0 radical (unpaired) electrons. The quantitative estimate of drug-likeness (QED) is 0.129. The Kier molecular flexibility index (Phi) is 7.64. The zero-order valence-corrected chi connectivity index (χ0v) is 25.5. The summed E-state index contributed by atoms with van der Waals surface area (Å²) in [5, 5.41) is 15.2. The third-order valence-corrected chi connectivity index (χ3v) is 10.1. The molecule has 3 aliphatic heterocycles. The van der Waals surface area contributed by atoms with Crippen LogP contribution in [-0.4, -0.2) is 105 Å². The van der Waals surface area contributed by atoms with Crippen molar-refractivity contribution in [3.8, 4) is 0 Å². The molecule has 0 spiro atoms. The van der Waals surface area contributed by atoms with Crippen molar-refractivity contribution in [1.29, 1.82) is 0 Å². The van der Waals surface area contributed by atoms with Crippen LogP contribution < -0.4 is 17.0 Å². The highest BCUT2D eigenvalue weighted by atomic mass is 32.7. The molecule has 0 amide bonds. The molecule has 6 N–H and O–H groups in total. The molecule has 7 heterocycles. The molecule has 0 aliphatic carbocycles. The monoisotopic (exact) mass is 712 g/mol. The number of nitrogens with two attached hydrogens (primary N) is 2. The van der Waals surface area contributed by atoms with Gasteiger partial charge in [0.15, 0.2) is 52.9 Å². The number of alkyl halides is 2. The van der Waals surface area contributed by atoms with Crippen LogP contribution in [0.4, 0.5) is 20.5 Å². The second-order valence-corrected chi connectivity index (χ2v) is 15.5. The van der Waals surface area contributed by atoms with Gasteiger partial charge in [0, 0.05) is 0 Å². The number of rotatable bonds is 2. The fourth-order valence-electron chi connectivity index (χ4n) is 4.98. The van der Waals surface area contributed by atoms with Crippen LogP contribution >= 0.6 is 25.8 Å². The number of nitrogens with one attached hydrogen (secondary N) is 1. The van der Waals surface area contributed by atoms with E-state index in [1.54, 1.807) is 0 Å². The predicted molar refractivity (Wildman–Crippen MR) is 150 cm³/mol. The van der Waals surface area contributed by atoms with Gasteiger partial charge in [0.2, 0.25) is 5.95 Å². The van der Waals surface area contributed by atoms with Gasteiger partial charge in [-0.3, -0.25) is 23.3 Å². The number of nitrogen functional groups attached to an aromatic ring is 2. The maximum Gasteiger partial charge on any atom is 0.386 e. The molecule has 27 heteroatoms. The maximum atomic E-state index is 15.9. The molecule has 0 aromatic carbocycles. The predicted octanol–water partition coefficient (Wildman–Crippen LogP) is -0.543. The molecule has 3 fully saturated rings. The van der Waals surface area contributed by atoms with Gasteiger partial charge < -0.3 is 30.4 Å². The summed E-state index contributed by atoms with van der Waals surface area (Å²) in [6.07, 6.45) is -12.8. The van der Waals surface area contributed by atoms with Gasteiger partial charge in [-0.25, -0.2) is 23.3 Å². The van der Waals surface area contributed by atoms with Crippen molar-refractivity contribution in [2.75, 3.05) is 24.7 Å². The second kappa shape index (κ2) is 11.2. The molecule has 3 saturated heterocycles. The summed E-state index contributed by atoms with van der Waals surface area (Å²) in [6, 6.07) is 0. The summed E-state index contributed by atoms with van der Waals surface area (Å²) in [5.74, 6) is -0.336. The van der Waals surface area contributed by atoms with Crippen LogP contribution in [0.2, 0.25) is 0 Å². The lowest BCUT2D eigenvalue weighted by Gasteiger charge is -2.26. The Balaban J connectivity index is 1.21. The number of fused-ring (bicyclic) bond motifs is 5. The highest BCUT2D eigenvalue weighted by Crippen LogP contribution is 2.58. The van der Waals surface area contributed by atoms with Gasteiger partial charge in [0.1, 0.15) is 30.7 Å². The summed E-state index contributed by atoms with van der Waals surface area (Å²) in [5.41, 5.74) is 10.3. The van der Waals surface area contributed by atoms with E-state index in [9.17, 15) is 14.3 Å². The van der Waals surface area contributed by atoms with Crippen molar-refractivity contribution >= 4 is 71.7 Å². The molecular weight excluding hydrogens is 692 g/mol. The highest BCUT2D eigenvalue weighted by molar-refractivity contribution is 8.44. The number of halogens is 2. The van der Waals surface area contributed by atoms with Crippen molar-refractivity contribution in [3.05, 3.63) is 16.7 Å². The fraction of sp³-hybridized carbons (Fsp3) is 0.556. The summed E-state index contributed by atoms with van der Waals surface area (Å²) >= 11 is 9.05. The molecule has 45 heavy (non-hydrogen) atoms. The maximum absolute atomic E-state index is 15.9. The number of thiol groups is 1. The lowest BCUT2D eigenvalue weighted by molar-refractivity contribution is -0.0632. The minimum atomic E-state index is -4.53. The first-order valence-corrected chi connectivity index (χ1v) is 17.9. The first-order valence-electron chi connectivity index (χ1n) is 12.6. The topological polar surface area (TPSA) is 278 Å². The Morgan fingerprint density at radius 1 is 0.978 bits per heavy atom. The number of ether oxygens (including phenoxy) is 2. The standard InChI is InChI=1S/C18H20F2N12O9P2S2/c19-6-4-1-36-42(34,44)40-10-5(39-16(7(10)20)31-13-8(27-29-31)12(21)23-3-24-13)2-37-43(35,45)41-11(6)17(38-4)32-14-9(28-30-32)15(33)26-18(22)25-14/h3-7,10-11,16-17H,1-2H2,(H,34,44)(H,35,45)(H2,21,23,24)(H3,22,25,26,33)/t4-,5-,6-,7+,10-,11+,16-,17-,42?,43?/m1/s1. The molecule has 0 saturated carbocycles. The number of hydrogen-bond acceptors (Lipinski definition) is 18. The number of aromatic nitrogens is 10. The first kappa shape index (κ1) is 30.8.